The molecule has 0 saturated carbocycles. The smallest absolute Gasteiger partial charge is 0.412 e. The van der Waals surface area contributed by atoms with Crippen molar-refractivity contribution >= 4 is 15.1 Å². The van der Waals surface area contributed by atoms with Gasteiger partial charge in [0, 0.05) is 12.6 Å². The van der Waals surface area contributed by atoms with Crippen molar-refractivity contribution in [1.29, 1.82) is 0 Å². The van der Waals surface area contributed by atoms with Crippen molar-refractivity contribution in [3.63, 3.8) is 0 Å². The van der Waals surface area contributed by atoms with E-state index < -0.39 is 14.6 Å². The average molecular weight is 347 g/mol. The molecule has 0 aliphatic rings. The van der Waals surface area contributed by atoms with Gasteiger partial charge >= 0.3 is 6.09 Å². The van der Waals surface area contributed by atoms with Crippen LogP contribution in [0.15, 0.2) is 0 Å². The largest absolute Gasteiger partial charge is 0.444 e. The summed E-state index contributed by atoms with van der Waals surface area (Å²) in [5.74, 6) is 0. The molecular weight excluding hydrogens is 308 g/mol. The van der Waals surface area contributed by atoms with Gasteiger partial charge in [0.05, 0.1) is 0 Å². The van der Waals surface area contributed by atoms with Gasteiger partial charge in [0.15, 0.2) is 9.04 Å². The van der Waals surface area contributed by atoms with Crippen LogP contribution in [0.5, 0.6) is 0 Å². The molecule has 138 valence electrons. The van der Waals surface area contributed by atoms with Gasteiger partial charge in [0.25, 0.3) is 0 Å². The molecule has 2 N–H and O–H groups in total. The highest BCUT2D eigenvalue weighted by Gasteiger charge is 2.32. The third-order valence-corrected chi connectivity index (χ3v) is 3.88. The van der Waals surface area contributed by atoms with Gasteiger partial charge < -0.3 is 14.9 Å². The Morgan fingerprint density at radius 2 is 1.70 bits per heavy atom. The molecule has 0 aromatic rings. The predicted molar refractivity (Wildman–Crippen MR) is 99.0 cm³/mol. The van der Waals surface area contributed by atoms with Gasteiger partial charge in [-0.1, -0.05) is 20.8 Å². The number of nitrogens with two attached hydrogens (primary N) is 1. The van der Waals surface area contributed by atoms with E-state index in [-0.39, 0.29) is 23.8 Å². The third-order valence-electron chi connectivity index (χ3n) is 3.02. The number of hydrogen-bond acceptors (Lipinski definition) is 4. The molecule has 0 fully saturated rings. The van der Waals surface area contributed by atoms with Crippen LogP contribution in [0.2, 0.25) is 13.1 Å². The lowest BCUT2D eigenvalue weighted by Gasteiger charge is -2.37. The Kier molecular flexibility index (Phi) is 8.80. The minimum absolute atomic E-state index is 0.0338. The highest BCUT2D eigenvalue weighted by atomic mass is 28.3. The van der Waals surface area contributed by atoms with Gasteiger partial charge in [-0.25, -0.2) is 4.79 Å². The van der Waals surface area contributed by atoms with Crippen LogP contribution in [0.3, 0.4) is 0 Å². The van der Waals surface area contributed by atoms with E-state index in [1.807, 2.05) is 27.7 Å². The summed E-state index contributed by atoms with van der Waals surface area (Å²) in [5.41, 5.74) is 5.42. The number of rotatable bonds is 7. The fourth-order valence-electron chi connectivity index (χ4n) is 2.09. The van der Waals surface area contributed by atoms with Crippen molar-refractivity contribution in [2.45, 2.75) is 92.3 Å². The Morgan fingerprint density at radius 1 is 1.17 bits per heavy atom. The van der Waals surface area contributed by atoms with Gasteiger partial charge in [-0.15, -0.1) is 0 Å². The molecule has 0 rings (SSSR count). The van der Waals surface area contributed by atoms with E-state index in [4.69, 9.17) is 14.9 Å². The first kappa shape index (κ1) is 22.4. The van der Waals surface area contributed by atoms with Crippen LogP contribution in [0.1, 0.15) is 61.3 Å². The fraction of sp³-hybridized carbons (Fsp3) is 0.941. The molecular formula is C17H38N2O3Si. The van der Waals surface area contributed by atoms with Gasteiger partial charge in [0.1, 0.15) is 11.8 Å². The first-order valence-electron chi connectivity index (χ1n) is 8.62. The summed E-state index contributed by atoms with van der Waals surface area (Å²) in [5, 5.41) is 0. The summed E-state index contributed by atoms with van der Waals surface area (Å²) in [6.45, 7) is 18.8. The summed E-state index contributed by atoms with van der Waals surface area (Å²) in [4.78, 5) is 14.4. The number of hydrogen-bond donors (Lipinski definition) is 1. The summed E-state index contributed by atoms with van der Waals surface area (Å²) < 4.78 is 11.8. The lowest BCUT2D eigenvalue weighted by Crippen LogP contribution is -2.48. The maximum Gasteiger partial charge on any atom is 0.412 e. The first-order chi connectivity index (χ1) is 10.2. The molecule has 5 nitrogen and oxygen atoms in total. The van der Waals surface area contributed by atoms with Gasteiger partial charge in [0.2, 0.25) is 0 Å². The van der Waals surface area contributed by atoms with Crippen molar-refractivity contribution < 1.29 is 14.0 Å². The molecule has 0 aromatic heterocycles. The van der Waals surface area contributed by atoms with Gasteiger partial charge in [-0.2, -0.15) is 0 Å². The second kappa shape index (κ2) is 9.04. The molecule has 0 aromatic carbocycles. The standard InChI is InChI=1S/C17H38N2O3Si/c1-13(18)10-11-19(15(20)21-17(5,6)7)14(22-23(8)9)12-16(2,3)4/h13-14,23H,10-12,18H2,1-9H3. The number of carbonyl (C=O) groups excluding carboxylic acids is 1. The molecule has 1 amide bonds. The van der Waals surface area contributed by atoms with E-state index in [2.05, 4.69) is 33.9 Å². The molecule has 0 saturated heterocycles. The van der Waals surface area contributed by atoms with Gasteiger partial charge in [-0.05, 0) is 59.0 Å². The second-order valence-corrected chi connectivity index (χ2v) is 11.2. The first-order valence-corrected chi connectivity index (χ1v) is 11.4. The SMILES string of the molecule is CC(N)CCN(C(=O)OC(C)(C)C)C(CC(C)(C)C)O[SiH](C)C. The molecule has 0 radical (unpaired) electrons. The van der Waals surface area contributed by atoms with E-state index in [9.17, 15) is 4.79 Å². The van der Waals surface area contributed by atoms with Crippen molar-refractivity contribution in [2.24, 2.45) is 11.1 Å². The molecule has 6 heteroatoms. The van der Waals surface area contributed by atoms with Gasteiger partial charge in [-0.3, -0.25) is 4.90 Å². The van der Waals surface area contributed by atoms with E-state index >= 15 is 0 Å². The maximum atomic E-state index is 12.7. The van der Waals surface area contributed by atoms with Crippen molar-refractivity contribution in [1.82, 2.24) is 4.90 Å². The fourth-order valence-corrected chi connectivity index (χ4v) is 2.96. The van der Waals surface area contributed by atoms with Crippen LogP contribution >= 0.6 is 0 Å². The molecule has 0 spiro atoms. The summed E-state index contributed by atoms with van der Waals surface area (Å²) in [6, 6.07) is 0.0338. The Labute approximate surface area is 144 Å². The Bertz CT molecular complexity index is 360. The van der Waals surface area contributed by atoms with Crippen LogP contribution < -0.4 is 5.73 Å². The molecule has 2 unspecified atom stereocenters. The molecule has 0 aliphatic carbocycles. The summed E-state index contributed by atoms with van der Waals surface area (Å²) in [7, 11) is -1.30. The van der Waals surface area contributed by atoms with Crippen LogP contribution in [-0.2, 0) is 9.16 Å². The lowest BCUT2D eigenvalue weighted by molar-refractivity contribution is -0.0343. The topological polar surface area (TPSA) is 64.8 Å². The van der Waals surface area contributed by atoms with Crippen molar-refractivity contribution in [2.75, 3.05) is 6.54 Å². The third kappa shape index (κ3) is 11.6. The minimum Gasteiger partial charge on any atom is -0.444 e. The minimum atomic E-state index is -1.30. The number of ether oxygens (including phenoxy) is 1. The zero-order valence-electron chi connectivity index (χ0n) is 16.6. The highest BCUT2D eigenvalue weighted by Crippen LogP contribution is 2.26. The Morgan fingerprint density at radius 3 is 2.04 bits per heavy atom. The van der Waals surface area contributed by atoms with E-state index in [0.717, 1.165) is 12.8 Å². The maximum absolute atomic E-state index is 12.7. The number of amides is 1. The average Bonchev–Trinajstić information content (AvgIpc) is 2.22. The molecule has 0 aliphatic heterocycles. The molecule has 2 atom stereocenters. The van der Waals surface area contributed by atoms with Crippen LogP contribution in [0.4, 0.5) is 4.79 Å². The zero-order valence-corrected chi connectivity index (χ0v) is 17.8. The van der Waals surface area contributed by atoms with Crippen molar-refractivity contribution in [3.8, 4) is 0 Å². The van der Waals surface area contributed by atoms with Crippen LogP contribution in [0, 0.1) is 5.41 Å². The normalized spacial score (nSPS) is 15.4. The van der Waals surface area contributed by atoms with Crippen LogP contribution in [-0.4, -0.2) is 44.4 Å². The van der Waals surface area contributed by atoms with E-state index in [0.29, 0.717) is 6.54 Å². The summed E-state index contributed by atoms with van der Waals surface area (Å²) >= 11 is 0. The Hall–Kier alpha value is -0.593. The molecule has 0 bridgehead atoms. The van der Waals surface area contributed by atoms with E-state index in [1.165, 1.54) is 0 Å². The highest BCUT2D eigenvalue weighted by molar-refractivity contribution is 6.48. The quantitative estimate of drug-likeness (QED) is 0.563. The van der Waals surface area contributed by atoms with E-state index in [1.54, 1.807) is 4.90 Å². The lowest BCUT2D eigenvalue weighted by atomic mass is 9.91. The number of carbonyl (C=O) groups is 1. The second-order valence-electron chi connectivity index (χ2n) is 8.84. The van der Waals surface area contributed by atoms with Crippen molar-refractivity contribution in [3.05, 3.63) is 0 Å². The zero-order chi connectivity index (χ0) is 18.4. The Balaban J connectivity index is 5.31. The predicted octanol–water partition coefficient (Wildman–Crippen LogP) is 3.72. The molecule has 0 heterocycles. The van der Waals surface area contributed by atoms with Crippen LogP contribution in [0.25, 0.3) is 0 Å². The number of nitrogens with zero attached hydrogens (tertiary/aromatic N) is 1. The summed E-state index contributed by atoms with van der Waals surface area (Å²) in [6.07, 6.45) is 0.927. The molecule has 23 heavy (non-hydrogen) atoms. The monoisotopic (exact) mass is 346 g/mol.